The number of hydrogen-bond donors (Lipinski definition) is 2. The Kier molecular flexibility index (Phi) is 4.47. The molecule has 0 bridgehead atoms. The molecule has 4 nitrogen and oxygen atoms in total. The summed E-state index contributed by atoms with van der Waals surface area (Å²) < 4.78 is 5.30. The predicted molar refractivity (Wildman–Crippen MR) is 77.1 cm³/mol. The van der Waals surface area contributed by atoms with Gasteiger partial charge in [0.1, 0.15) is 5.76 Å². The molecule has 0 fully saturated rings. The first-order chi connectivity index (χ1) is 9.47. The molecule has 0 saturated heterocycles. The van der Waals surface area contributed by atoms with Gasteiger partial charge < -0.3 is 14.8 Å². The highest BCUT2D eigenvalue weighted by atomic mass is 35.5. The zero-order valence-corrected chi connectivity index (χ0v) is 12.1. The number of halogens is 1. The molecule has 0 spiro atoms. The maximum atomic E-state index is 10.9. The first kappa shape index (κ1) is 14.6. The number of aryl methyl sites for hydroxylation is 1. The van der Waals surface area contributed by atoms with Gasteiger partial charge in [-0.2, -0.15) is 0 Å². The summed E-state index contributed by atoms with van der Waals surface area (Å²) in [5.74, 6) is -0.429. The summed E-state index contributed by atoms with van der Waals surface area (Å²) in [5.41, 5.74) is 1.74. The summed E-state index contributed by atoms with van der Waals surface area (Å²) >= 11 is 5.85. The van der Waals surface area contributed by atoms with Crippen LogP contribution in [0.5, 0.6) is 0 Å². The lowest BCUT2D eigenvalue weighted by molar-refractivity contribution is 0.0659. The Hall–Kier alpha value is -1.78. The van der Waals surface area contributed by atoms with Crippen LogP contribution in [0.4, 0.5) is 0 Å². The van der Waals surface area contributed by atoms with Crippen molar-refractivity contribution in [3.05, 3.63) is 58.0 Å². The zero-order valence-electron chi connectivity index (χ0n) is 11.3. The molecule has 2 N–H and O–H groups in total. The second kappa shape index (κ2) is 6.11. The van der Waals surface area contributed by atoms with Crippen LogP contribution in [-0.4, -0.2) is 11.1 Å². The molecule has 0 amide bonds. The fourth-order valence-corrected chi connectivity index (χ4v) is 2.10. The van der Waals surface area contributed by atoms with E-state index in [1.807, 2.05) is 31.2 Å². The highest BCUT2D eigenvalue weighted by molar-refractivity contribution is 6.30. The van der Waals surface area contributed by atoms with Gasteiger partial charge in [-0.05, 0) is 37.6 Å². The highest BCUT2D eigenvalue weighted by Crippen LogP contribution is 2.18. The third kappa shape index (κ3) is 3.40. The van der Waals surface area contributed by atoms with Crippen LogP contribution < -0.4 is 5.32 Å². The maximum Gasteiger partial charge on any atom is 0.372 e. The minimum absolute atomic E-state index is 0.000876. The minimum atomic E-state index is -1.04. The molecule has 2 rings (SSSR count). The summed E-state index contributed by atoms with van der Waals surface area (Å²) in [5, 5.41) is 12.9. The summed E-state index contributed by atoms with van der Waals surface area (Å²) in [6, 6.07) is 9.45. The van der Waals surface area contributed by atoms with Crippen LogP contribution in [0.1, 0.15) is 40.4 Å². The Morgan fingerprint density at radius 1 is 1.40 bits per heavy atom. The van der Waals surface area contributed by atoms with E-state index in [0.717, 1.165) is 5.56 Å². The van der Waals surface area contributed by atoms with Crippen molar-refractivity contribution in [2.45, 2.75) is 26.4 Å². The Labute approximate surface area is 122 Å². The van der Waals surface area contributed by atoms with E-state index in [-0.39, 0.29) is 11.8 Å². The van der Waals surface area contributed by atoms with Gasteiger partial charge in [0.25, 0.3) is 0 Å². The van der Waals surface area contributed by atoms with Crippen LogP contribution in [0.15, 0.2) is 34.7 Å². The van der Waals surface area contributed by atoms with E-state index in [9.17, 15) is 4.79 Å². The number of hydrogen-bond acceptors (Lipinski definition) is 3. The van der Waals surface area contributed by atoms with Gasteiger partial charge in [0, 0.05) is 16.6 Å². The summed E-state index contributed by atoms with van der Waals surface area (Å²) in [7, 11) is 0. The molecule has 106 valence electrons. The van der Waals surface area contributed by atoms with Crippen LogP contribution >= 0.6 is 11.6 Å². The Balaban J connectivity index is 1.99. The number of aromatic carboxylic acids is 1. The molecule has 1 atom stereocenters. The molecule has 1 heterocycles. The SMILES string of the molecule is Cc1cc(CN[C@H](C)c2ccc(Cl)cc2)oc1C(=O)O. The number of carboxylic acid groups (broad SMARTS) is 1. The van der Waals surface area contributed by atoms with Gasteiger partial charge in [0.2, 0.25) is 5.76 Å². The molecule has 20 heavy (non-hydrogen) atoms. The molecule has 1 aromatic heterocycles. The van der Waals surface area contributed by atoms with Gasteiger partial charge in [0.15, 0.2) is 0 Å². The number of carbonyl (C=O) groups is 1. The summed E-state index contributed by atoms with van der Waals surface area (Å²) in [4.78, 5) is 10.9. The van der Waals surface area contributed by atoms with Crippen LogP contribution in [0.2, 0.25) is 5.02 Å². The van der Waals surface area contributed by atoms with Crippen molar-refractivity contribution in [3.63, 3.8) is 0 Å². The topological polar surface area (TPSA) is 62.5 Å². The molecule has 0 aliphatic rings. The van der Waals surface area contributed by atoms with E-state index in [0.29, 0.717) is 22.9 Å². The Morgan fingerprint density at radius 3 is 2.60 bits per heavy atom. The number of rotatable bonds is 5. The quantitative estimate of drug-likeness (QED) is 0.880. The second-order valence-corrected chi connectivity index (χ2v) is 5.12. The molecular weight excluding hydrogens is 278 g/mol. The third-order valence-corrected chi connectivity index (χ3v) is 3.37. The monoisotopic (exact) mass is 293 g/mol. The van der Waals surface area contributed by atoms with Gasteiger partial charge in [-0.1, -0.05) is 23.7 Å². The number of furan rings is 1. The molecule has 5 heteroatoms. The van der Waals surface area contributed by atoms with Crippen LogP contribution in [0.25, 0.3) is 0 Å². The first-order valence-corrected chi connectivity index (χ1v) is 6.66. The average molecular weight is 294 g/mol. The van der Waals surface area contributed by atoms with E-state index in [1.165, 1.54) is 0 Å². The second-order valence-electron chi connectivity index (χ2n) is 4.68. The van der Waals surface area contributed by atoms with Gasteiger partial charge in [-0.25, -0.2) is 4.79 Å². The van der Waals surface area contributed by atoms with Gasteiger partial charge in [-0.3, -0.25) is 0 Å². The highest BCUT2D eigenvalue weighted by Gasteiger charge is 2.14. The fourth-order valence-electron chi connectivity index (χ4n) is 1.97. The molecule has 0 aliphatic heterocycles. The van der Waals surface area contributed by atoms with Gasteiger partial charge >= 0.3 is 5.97 Å². The number of benzene rings is 1. The molecule has 2 aromatic rings. The average Bonchev–Trinajstić information content (AvgIpc) is 2.78. The molecular formula is C15H16ClNO3. The normalized spacial score (nSPS) is 12.3. The van der Waals surface area contributed by atoms with E-state index >= 15 is 0 Å². The van der Waals surface area contributed by atoms with E-state index in [1.54, 1.807) is 13.0 Å². The van der Waals surface area contributed by atoms with Crippen molar-refractivity contribution in [1.29, 1.82) is 0 Å². The lowest BCUT2D eigenvalue weighted by Gasteiger charge is -2.13. The zero-order chi connectivity index (χ0) is 14.7. The van der Waals surface area contributed by atoms with Crippen LogP contribution in [-0.2, 0) is 6.54 Å². The third-order valence-electron chi connectivity index (χ3n) is 3.12. The first-order valence-electron chi connectivity index (χ1n) is 6.29. The molecule has 1 aromatic carbocycles. The largest absolute Gasteiger partial charge is 0.475 e. The summed E-state index contributed by atoms with van der Waals surface area (Å²) in [6.45, 7) is 4.22. The fraction of sp³-hybridized carbons (Fsp3) is 0.267. The minimum Gasteiger partial charge on any atom is -0.475 e. The molecule has 0 saturated carbocycles. The van der Waals surface area contributed by atoms with Crippen molar-refractivity contribution in [3.8, 4) is 0 Å². The Bertz CT molecular complexity index is 604. The molecule has 0 radical (unpaired) electrons. The molecule has 0 unspecified atom stereocenters. The van der Waals surface area contributed by atoms with Crippen LogP contribution in [0, 0.1) is 6.92 Å². The van der Waals surface area contributed by atoms with Crippen molar-refractivity contribution < 1.29 is 14.3 Å². The van der Waals surface area contributed by atoms with Crippen molar-refractivity contribution >= 4 is 17.6 Å². The van der Waals surface area contributed by atoms with Gasteiger partial charge in [0.05, 0.1) is 6.54 Å². The lowest BCUT2D eigenvalue weighted by atomic mass is 10.1. The Morgan fingerprint density at radius 2 is 2.05 bits per heavy atom. The van der Waals surface area contributed by atoms with Crippen molar-refractivity contribution in [2.75, 3.05) is 0 Å². The van der Waals surface area contributed by atoms with Gasteiger partial charge in [-0.15, -0.1) is 0 Å². The van der Waals surface area contributed by atoms with E-state index in [2.05, 4.69) is 5.32 Å². The molecule has 0 aliphatic carbocycles. The summed E-state index contributed by atoms with van der Waals surface area (Å²) in [6.07, 6.45) is 0. The smallest absolute Gasteiger partial charge is 0.372 e. The standard InChI is InChI=1S/C15H16ClNO3/c1-9-7-13(20-14(9)15(18)19)8-17-10(2)11-3-5-12(16)6-4-11/h3-7,10,17H,8H2,1-2H3,(H,18,19)/t10-/m1/s1. The van der Waals surface area contributed by atoms with E-state index in [4.69, 9.17) is 21.1 Å². The lowest BCUT2D eigenvalue weighted by Crippen LogP contribution is -2.17. The number of nitrogens with one attached hydrogen (secondary N) is 1. The maximum absolute atomic E-state index is 10.9. The predicted octanol–water partition coefficient (Wildman–Crippen LogP) is 3.79. The van der Waals surface area contributed by atoms with Crippen LogP contribution in [0.3, 0.4) is 0 Å². The van der Waals surface area contributed by atoms with Crippen molar-refractivity contribution in [1.82, 2.24) is 5.32 Å². The number of carboxylic acids is 1. The van der Waals surface area contributed by atoms with Crippen molar-refractivity contribution in [2.24, 2.45) is 0 Å². The van der Waals surface area contributed by atoms with E-state index < -0.39 is 5.97 Å².